The van der Waals surface area contributed by atoms with Crippen molar-refractivity contribution in [3.05, 3.63) is 29.8 Å². The second kappa shape index (κ2) is 12.4. The number of nitrogens with one attached hydrogen (secondary N) is 3. The minimum atomic E-state index is -3.26. The van der Waals surface area contributed by atoms with E-state index in [0.29, 0.717) is 38.1 Å². The van der Waals surface area contributed by atoms with Gasteiger partial charge in [-0.15, -0.1) is 24.0 Å². The second-order valence-corrected chi connectivity index (χ2v) is 8.32. The van der Waals surface area contributed by atoms with Gasteiger partial charge in [0.2, 0.25) is 10.0 Å². The lowest BCUT2D eigenvalue weighted by molar-refractivity contribution is 0.316. The fraction of sp³-hybridized carbons (Fsp3) is 0.611. The van der Waals surface area contributed by atoms with E-state index >= 15 is 0 Å². The van der Waals surface area contributed by atoms with Gasteiger partial charge < -0.3 is 15.4 Å². The summed E-state index contributed by atoms with van der Waals surface area (Å²) in [4.78, 5) is 4.51. The van der Waals surface area contributed by atoms with Crippen molar-refractivity contribution in [2.24, 2.45) is 10.9 Å². The van der Waals surface area contributed by atoms with Crippen LogP contribution in [0.2, 0.25) is 0 Å². The molecule has 0 saturated heterocycles. The van der Waals surface area contributed by atoms with Crippen LogP contribution in [0.3, 0.4) is 0 Å². The fourth-order valence-corrected chi connectivity index (χ4v) is 3.66. The maximum absolute atomic E-state index is 12.0. The molecule has 27 heavy (non-hydrogen) atoms. The molecule has 1 aliphatic rings. The molecule has 0 atom stereocenters. The van der Waals surface area contributed by atoms with Gasteiger partial charge in [0.1, 0.15) is 5.75 Å². The van der Waals surface area contributed by atoms with E-state index in [1.165, 1.54) is 6.42 Å². The predicted octanol–water partition coefficient (Wildman–Crippen LogP) is 2.09. The minimum absolute atomic E-state index is 0. The standard InChI is InChI=1S/C18H30N4O3S.HI/c1-3-19-18(21-14-16-9-4-5-10-17(16)25-2)20-11-12-26(23,24)22-13-15-7-6-8-15;/h4-5,9-10,15,22H,3,6-8,11-14H2,1-2H3,(H2,19,20,21);1H. The lowest BCUT2D eigenvalue weighted by atomic mass is 9.86. The molecule has 0 aromatic heterocycles. The third kappa shape index (κ3) is 8.65. The number of sulfonamides is 1. The number of guanidine groups is 1. The van der Waals surface area contributed by atoms with Crippen molar-refractivity contribution < 1.29 is 13.2 Å². The van der Waals surface area contributed by atoms with Crippen molar-refractivity contribution in [1.29, 1.82) is 0 Å². The summed E-state index contributed by atoms with van der Waals surface area (Å²) >= 11 is 0. The number of benzene rings is 1. The average Bonchev–Trinajstić information content (AvgIpc) is 2.58. The van der Waals surface area contributed by atoms with Crippen LogP contribution in [0, 0.1) is 5.92 Å². The van der Waals surface area contributed by atoms with E-state index in [1.807, 2.05) is 31.2 Å². The normalized spacial score (nSPS) is 14.8. The number of methoxy groups -OCH3 is 1. The van der Waals surface area contributed by atoms with Crippen molar-refractivity contribution in [3.63, 3.8) is 0 Å². The topological polar surface area (TPSA) is 91.8 Å². The van der Waals surface area contributed by atoms with E-state index in [2.05, 4.69) is 20.3 Å². The first-order chi connectivity index (χ1) is 12.5. The maximum Gasteiger partial charge on any atom is 0.213 e. The van der Waals surface area contributed by atoms with Gasteiger partial charge in [-0.3, -0.25) is 0 Å². The maximum atomic E-state index is 12.0. The highest BCUT2D eigenvalue weighted by atomic mass is 127. The van der Waals surface area contributed by atoms with Crippen molar-refractivity contribution in [2.45, 2.75) is 32.7 Å². The Labute approximate surface area is 179 Å². The Morgan fingerprint density at radius 3 is 2.63 bits per heavy atom. The van der Waals surface area contributed by atoms with Crippen molar-refractivity contribution >= 4 is 40.0 Å². The molecule has 1 fully saturated rings. The number of ether oxygens (including phenoxy) is 1. The van der Waals surface area contributed by atoms with Crippen molar-refractivity contribution in [1.82, 2.24) is 15.4 Å². The summed E-state index contributed by atoms with van der Waals surface area (Å²) in [6, 6.07) is 7.71. The molecule has 9 heteroatoms. The summed E-state index contributed by atoms with van der Waals surface area (Å²) in [6.45, 7) is 3.98. The fourth-order valence-electron chi connectivity index (χ4n) is 2.66. The van der Waals surface area contributed by atoms with Crippen LogP contribution < -0.4 is 20.1 Å². The highest BCUT2D eigenvalue weighted by Crippen LogP contribution is 2.25. The van der Waals surface area contributed by atoms with E-state index in [4.69, 9.17) is 4.74 Å². The number of para-hydroxylation sites is 1. The first kappa shape index (κ1) is 24.0. The van der Waals surface area contributed by atoms with Crippen LogP contribution in [-0.4, -0.2) is 46.9 Å². The van der Waals surface area contributed by atoms with Gasteiger partial charge in [0.05, 0.1) is 19.4 Å². The number of hydrogen-bond acceptors (Lipinski definition) is 4. The molecular formula is C18H31IN4O3S. The number of halogens is 1. The van der Waals surface area contributed by atoms with E-state index in [-0.39, 0.29) is 29.7 Å². The van der Waals surface area contributed by atoms with Crippen LogP contribution in [-0.2, 0) is 16.6 Å². The number of hydrogen-bond donors (Lipinski definition) is 3. The van der Waals surface area contributed by atoms with Gasteiger partial charge in [-0.1, -0.05) is 24.6 Å². The molecule has 0 spiro atoms. The molecular weight excluding hydrogens is 479 g/mol. The zero-order chi connectivity index (χ0) is 18.8. The van der Waals surface area contributed by atoms with Crippen LogP contribution in [0.4, 0.5) is 0 Å². The monoisotopic (exact) mass is 510 g/mol. The third-order valence-electron chi connectivity index (χ3n) is 4.42. The highest BCUT2D eigenvalue weighted by molar-refractivity contribution is 14.0. The summed E-state index contributed by atoms with van der Waals surface area (Å²) in [5.41, 5.74) is 0.974. The molecule has 2 rings (SSSR count). The quantitative estimate of drug-likeness (QED) is 0.255. The van der Waals surface area contributed by atoms with Gasteiger partial charge in [-0.05, 0) is 31.7 Å². The Hall–Kier alpha value is -1.07. The van der Waals surface area contributed by atoms with E-state index < -0.39 is 10.0 Å². The van der Waals surface area contributed by atoms with Crippen LogP contribution >= 0.6 is 24.0 Å². The summed E-state index contributed by atoms with van der Waals surface area (Å²) in [7, 11) is -1.62. The van der Waals surface area contributed by atoms with Crippen LogP contribution in [0.15, 0.2) is 29.3 Å². The average molecular weight is 510 g/mol. The molecule has 0 unspecified atom stereocenters. The van der Waals surface area contributed by atoms with Gasteiger partial charge >= 0.3 is 0 Å². The van der Waals surface area contributed by atoms with Gasteiger partial charge in [0.15, 0.2) is 5.96 Å². The Morgan fingerprint density at radius 1 is 1.26 bits per heavy atom. The predicted molar refractivity (Wildman–Crippen MR) is 120 cm³/mol. The summed E-state index contributed by atoms with van der Waals surface area (Å²) < 4.78 is 32.1. The lowest BCUT2D eigenvalue weighted by Crippen LogP contribution is -2.42. The largest absolute Gasteiger partial charge is 0.496 e. The molecule has 0 aliphatic heterocycles. The van der Waals surface area contributed by atoms with Gasteiger partial charge in [-0.25, -0.2) is 18.1 Å². The SMILES string of the molecule is CCNC(=NCc1ccccc1OC)NCCS(=O)(=O)NCC1CCC1.I. The molecule has 0 amide bonds. The summed E-state index contributed by atoms with van der Waals surface area (Å²) in [5, 5.41) is 6.21. The Bertz CT molecular complexity index is 694. The molecule has 0 heterocycles. The minimum Gasteiger partial charge on any atom is -0.496 e. The van der Waals surface area contributed by atoms with E-state index in [9.17, 15) is 8.42 Å². The van der Waals surface area contributed by atoms with Crippen molar-refractivity contribution in [3.8, 4) is 5.75 Å². The molecule has 1 aromatic rings. The van der Waals surface area contributed by atoms with Crippen LogP contribution in [0.5, 0.6) is 5.75 Å². The number of nitrogens with zero attached hydrogens (tertiary/aromatic N) is 1. The highest BCUT2D eigenvalue weighted by Gasteiger charge is 2.20. The zero-order valence-electron chi connectivity index (χ0n) is 16.0. The lowest BCUT2D eigenvalue weighted by Gasteiger charge is -2.25. The van der Waals surface area contributed by atoms with E-state index in [1.54, 1.807) is 7.11 Å². The number of aliphatic imine (C=N–C) groups is 1. The molecule has 154 valence electrons. The Morgan fingerprint density at radius 2 is 2.00 bits per heavy atom. The van der Waals surface area contributed by atoms with Gasteiger partial charge in [-0.2, -0.15) is 0 Å². The summed E-state index contributed by atoms with van der Waals surface area (Å²) in [5.74, 6) is 1.92. The first-order valence-electron chi connectivity index (χ1n) is 9.15. The van der Waals surface area contributed by atoms with Gasteiger partial charge in [0, 0.05) is 25.2 Å². The zero-order valence-corrected chi connectivity index (χ0v) is 19.2. The van der Waals surface area contributed by atoms with Crippen LogP contribution in [0.25, 0.3) is 0 Å². The number of rotatable bonds is 10. The van der Waals surface area contributed by atoms with Crippen molar-refractivity contribution in [2.75, 3.05) is 32.5 Å². The smallest absolute Gasteiger partial charge is 0.213 e. The molecule has 7 nitrogen and oxygen atoms in total. The molecule has 0 bridgehead atoms. The Kier molecular flexibility index (Phi) is 11.0. The first-order valence-corrected chi connectivity index (χ1v) is 10.8. The third-order valence-corrected chi connectivity index (χ3v) is 5.77. The van der Waals surface area contributed by atoms with Crippen LogP contribution in [0.1, 0.15) is 31.7 Å². The molecule has 3 N–H and O–H groups in total. The Balaban J connectivity index is 0.00000364. The molecule has 1 aromatic carbocycles. The molecule has 0 radical (unpaired) electrons. The summed E-state index contributed by atoms with van der Waals surface area (Å²) in [6.07, 6.45) is 3.46. The van der Waals surface area contributed by atoms with Gasteiger partial charge in [0.25, 0.3) is 0 Å². The molecule has 1 aliphatic carbocycles. The second-order valence-electron chi connectivity index (χ2n) is 6.40. The molecule has 1 saturated carbocycles. The van der Waals surface area contributed by atoms with E-state index in [0.717, 1.165) is 24.2 Å².